The number of rotatable bonds is 4. The Morgan fingerprint density at radius 3 is 2.75 bits per heavy atom. The molecule has 16 heavy (non-hydrogen) atoms. The van der Waals surface area contributed by atoms with E-state index >= 15 is 0 Å². The summed E-state index contributed by atoms with van der Waals surface area (Å²) in [4.78, 5) is 0. The van der Waals surface area contributed by atoms with E-state index in [9.17, 15) is 9.50 Å². The van der Waals surface area contributed by atoms with E-state index in [0.29, 0.717) is 16.8 Å². The highest BCUT2D eigenvalue weighted by atomic mass is 79.9. The topological polar surface area (TPSA) is 20.2 Å². The second-order valence-electron chi connectivity index (χ2n) is 4.64. The Bertz CT molecular complexity index is 363. The second-order valence-corrected chi connectivity index (χ2v) is 5.49. The maximum atomic E-state index is 13.0. The summed E-state index contributed by atoms with van der Waals surface area (Å²) in [5.41, 5.74) is 0.986. The normalized spacial score (nSPS) is 18.2. The molecule has 0 bridgehead atoms. The van der Waals surface area contributed by atoms with Crippen molar-refractivity contribution < 1.29 is 9.50 Å². The smallest absolute Gasteiger partial charge is 0.137 e. The molecule has 1 aliphatic carbocycles. The molecular weight excluding hydrogens is 271 g/mol. The van der Waals surface area contributed by atoms with Crippen LogP contribution in [-0.2, 0) is 6.42 Å². The van der Waals surface area contributed by atoms with E-state index in [4.69, 9.17) is 0 Å². The fourth-order valence-corrected chi connectivity index (χ4v) is 2.56. The van der Waals surface area contributed by atoms with Gasteiger partial charge in [-0.2, -0.15) is 0 Å². The van der Waals surface area contributed by atoms with Crippen molar-refractivity contribution in [1.82, 2.24) is 0 Å². The van der Waals surface area contributed by atoms with Crippen LogP contribution in [0.4, 0.5) is 4.39 Å². The summed E-state index contributed by atoms with van der Waals surface area (Å²) in [7, 11) is 0. The van der Waals surface area contributed by atoms with Crippen molar-refractivity contribution in [2.45, 2.75) is 38.2 Å². The predicted octanol–water partition coefficient (Wildman–Crippen LogP) is 3.68. The van der Waals surface area contributed by atoms with Crippen LogP contribution in [-0.4, -0.2) is 11.2 Å². The molecular formula is C13H16BrFO. The fourth-order valence-electron chi connectivity index (χ4n) is 2.14. The maximum absolute atomic E-state index is 13.0. The highest BCUT2D eigenvalue weighted by Gasteiger charge is 2.21. The Hall–Kier alpha value is -0.410. The first-order valence-corrected chi connectivity index (χ1v) is 6.56. The SMILES string of the molecule is OC(Cc1ccc(F)c(Br)c1)CC1CCC1. The van der Waals surface area contributed by atoms with Crippen molar-refractivity contribution in [2.75, 3.05) is 0 Å². The van der Waals surface area contributed by atoms with Gasteiger partial charge >= 0.3 is 0 Å². The minimum absolute atomic E-state index is 0.253. The molecule has 1 nitrogen and oxygen atoms in total. The van der Waals surface area contributed by atoms with Crippen LogP contribution in [0.15, 0.2) is 22.7 Å². The average Bonchev–Trinajstić information content (AvgIpc) is 2.18. The molecule has 0 heterocycles. The van der Waals surface area contributed by atoms with E-state index < -0.39 is 0 Å². The Morgan fingerprint density at radius 2 is 2.19 bits per heavy atom. The number of halogens is 2. The monoisotopic (exact) mass is 286 g/mol. The van der Waals surface area contributed by atoms with Crippen molar-refractivity contribution in [3.63, 3.8) is 0 Å². The molecule has 0 radical (unpaired) electrons. The number of benzene rings is 1. The third kappa shape index (κ3) is 3.05. The lowest BCUT2D eigenvalue weighted by Crippen LogP contribution is -2.20. The van der Waals surface area contributed by atoms with Crippen LogP contribution < -0.4 is 0 Å². The summed E-state index contributed by atoms with van der Waals surface area (Å²) >= 11 is 3.16. The highest BCUT2D eigenvalue weighted by molar-refractivity contribution is 9.10. The van der Waals surface area contributed by atoms with Crippen molar-refractivity contribution in [3.8, 4) is 0 Å². The minimum Gasteiger partial charge on any atom is -0.393 e. The van der Waals surface area contributed by atoms with E-state index in [2.05, 4.69) is 15.9 Å². The first-order valence-electron chi connectivity index (χ1n) is 5.77. The molecule has 0 saturated heterocycles. The molecule has 1 fully saturated rings. The molecule has 1 aromatic carbocycles. The van der Waals surface area contributed by atoms with Gasteiger partial charge in [0.05, 0.1) is 10.6 Å². The summed E-state index contributed by atoms with van der Waals surface area (Å²) in [6, 6.07) is 4.93. The second kappa shape index (κ2) is 5.28. The molecule has 1 unspecified atom stereocenters. The molecule has 1 N–H and O–H groups in total. The first kappa shape index (κ1) is 12.1. The molecule has 1 aliphatic rings. The zero-order valence-electron chi connectivity index (χ0n) is 9.13. The zero-order valence-corrected chi connectivity index (χ0v) is 10.7. The number of aliphatic hydroxyl groups is 1. The van der Waals surface area contributed by atoms with Crippen LogP contribution in [0, 0.1) is 11.7 Å². The molecule has 1 atom stereocenters. The molecule has 3 heteroatoms. The molecule has 1 saturated carbocycles. The van der Waals surface area contributed by atoms with Crippen molar-refractivity contribution in [3.05, 3.63) is 34.1 Å². The van der Waals surface area contributed by atoms with Gasteiger partial charge < -0.3 is 5.11 Å². The Balaban J connectivity index is 1.89. The van der Waals surface area contributed by atoms with Crippen LogP contribution in [0.2, 0.25) is 0 Å². The molecule has 0 spiro atoms. The van der Waals surface area contributed by atoms with Crippen LogP contribution >= 0.6 is 15.9 Å². The standard InChI is InChI=1S/C13H16BrFO/c14-12-8-10(4-5-13(12)15)7-11(16)6-9-2-1-3-9/h4-5,8-9,11,16H,1-3,6-7H2. The number of aliphatic hydroxyl groups excluding tert-OH is 1. The van der Waals surface area contributed by atoms with E-state index in [0.717, 1.165) is 12.0 Å². The van der Waals surface area contributed by atoms with Crippen LogP contribution in [0.25, 0.3) is 0 Å². The Morgan fingerprint density at radius 1 is 1.44 bits per heavy atom. The van der Waals surface area contributed by atoms with Gasteiger partial charge in [0.1, 0.15) is 5.82 Å². The molecule has 0 amide bonds. The lowest BCUT2D eigenvalue weighted by atomic mass is 9.80. The third-order valence-electron chi connectivity index (χ3n) is 3.29. The molecule has 0 aliphatic heterocycles. The van der Waals surface area contributed by atoms with Crippen molar-refractivity contribution >= 4 is 15.9 Å². The lowest BCUT2D eigenvalue weighted by Gasteiger charge is -2.27. The van der Waals surface area contributed by atoms with Gasteiger partial charge in [0.2, 0.25) is 0 Å². The van der Waals surface area contributed by atoms with Gasteiger partial charge in [-0.05, 0) is 52.4 Å². The first-order chi connectivity index (χ1) is 7.65. The highest BCUT2D eigenvalue weighted by Crippen LogP contribution is 2.31. The van der Waals surface area contributed by atoms with Gasteiger partial charge in [-0.25, -0.2) is 4.39 Å². The van der Waals surface area contributed by atoms with E-state index in [1.165, 1.54) is 25.3 Å². The largest absolute Gasteiger partial charge is 0.393 e. The Labute approximate surface area is 104 Å². The molecule has 88 valence electrons. The van der Waals surface area contributed by atoms with Gasteiger partial charge in [0.15, 0.2) is 0 Å². The van der Waals surface area contributed by atoms with Gasteiger partial charge in [0.25, 0.3) is 0 Å². The van der Waals surface area contributed by atoms with Crippen LogP contribution in [0.1, 0.15) is 31.2 Å². The van der Waals surface area contributed by atoms with Crippen molar-refractivity contribution in [1.29, 1.82) is 0 Å². The average molecular weight is 287 g/mol. The molecule has 0 aromatic heterocycles. The van der Waals surface area contributed by atoms with E-state index in [-0.39, 0.29) is 11.9 Å². The van der Waals surface area contributed by atoms with E-state index in [1.54, 1.807) is 12.1 Å². The quantitative estimate of drug-likeness (QED) is 0.895. The maximum Gasteiger partial charge on any atom is 0.137 e. The van der Waals surface area contributed by atoms with Crippen LogP contribution in [0.3, 0.4) is 0 Å². The van der Waals surface area contributed by atoms with Crippen molar-refractivity contribution in [2.24, 2.45) is 5.92 Å². The lowest BCUT2D eigenvalue weighted by molar-refractivity contribution is 0.118. The van der Waals surface area contributed by atoms with Gasteiger partial charge in [0, 0.05) is 0 Å². The van der Waals surface area contributed by atoms with Gasteiger partial charge in [-0.1, -0.05) is 25.3 Å². The third-order valence-corrected chi connectivity index (χ3v) is 3.89. The summed E-state index contributed by atoms with van der Waals surface area (Å²) < 4.78 is 13.5. The molecule has 1 aromatic rings. The summed E-state index contributed by atoms with van der Waals surface area (Å²) in [5.74, 6) is 0.455. The summed E-state index contributed by atoms with van der Waals surface area (Å²) in [6.07, 6.45) is 5.03. The fraction of sp³-hybridized carbons (Fsp3) is 0.538. The molecule has 2 rings (SSSR count). The summed E-state index contributed by atoms with van der Waals surface area (Å²) in [6.45, 7) is 0. The van der Waals surface area contributed by atoms with E-state index in [1.807, 2.05) is 0 Å². The Kier molecular flexibility index (Phi) is 3.98. The van der Waals surface area contributed by atoms with Gasteiger partial charge in [-0.15, -0.1) is 0 Å². The number of hydrogen-bond donors (Lipinski definition) is 1. The predicted molar refractivity (Wildman–Crippen MR) is 65.8 cm³/mol. The minimum atomic E-state index is -0.289. The van der Waals surface area contributed by atoms with Crippen LogP contribution in [0.5, 0.6) is 0 Å². The number of hydrogen-bond acceptors (Lipinski definition) is 1. The zero-order chi connectivity index (χ0) is 11.5. The summed E-state index contributed by atoms with van der Waals surface area (Å²) in [5, 5.41) is 9.89. The van der Waals surface area contributed by atoms with Gasteiger partial charge in [-0.3, -0.25) is 0 Å².